The van der Waals surface area contributed by atoms with Gasteiger partial charge < -0.3 is 0 Å². The number of allylic oxidation sites excluding steroid dienone is 1. The summed E-state index contributed by atoms with van der Waals surface area (Å²) >= 11 is 7.19. The quantitative estimate of drug-likeness (QED) is 0.577. The third kappa shape index (κ3) is 2.50. The number of halogens is 2. The van der Waals surface area contributed by atoms with Gasteiger partial charge in [0.2, 0.25) is 0 Å². The lowest BCUT2D eigenvalue weighted by Gasteiger charge is -2.24. The first-order chi connectivity index (χ1) is 8.16. The minimum atomic E-state index is -0.387. The molecule has 1 nitrogen and oxygen atoms in total. The van der Waals surface area contributed by atoms with Crippen LogP contribution < -0.4 is 0 Å². The Bertz CT molecular complexity index is 508. The molecule has 0 aliphatic rings. The van der Waals surface area contributed by atoms with Crippen LogP contribution >= 0.6 is 31.9 Å². The maximum Gasteiger partial charge on any atom is 0.0947 e. The summed E-state index contributed by atoms with van der Waals surface area (Å²) in [6, 6.07) is 12.1. The summed E-state index contributed by atoms with van der Waals surface area (Å²) in [6.45, 7) is 3.92. The zero-order valence-electron chi connectivity index (χ0n) is 9.11. The molecule has 0 saturated carbocycles. The van der Waals surface area contributed by atoms with Crippen LogP contribution in [0.3, 0.4) is 0 Å². The van der Waals surface area contributed by atoms with Crippen molar-refractivity contribution in [1.29, 1.82) is 0 Å². The fraction of sp³-hybridized carbons (Fsp3) is 0.0714. The van der Waals surface area contributed by atoms with Crippen molar-refractivity contribution in [3.63, 3.8) is 0 Å². The van der Waals surface area contributed by atoms with Crippen LogP contribution in [0.5, 0.6) is 0 Å². The molecule has 0 fully saturated rings. The molecule has 17 heavy (non-hydrogen) atoms. The third-order valence-electron chi connectivity index (χ3n) is 2.63. The largest absolute Gasteiger partial charge is 0.264 e. The van der Waals surface area contributed by atoms with Crippen molar-refractivity contribution in [2.45, 2.75) is 4.32 Å². The lowest BCUT2D eigenvalue weighted by atomic mass is 9.92. The molecule has 0 N–H and O–H groups in total. The van der Waals surface area contributed by atoms with E-state index in [1.54, 1.807) is 6.20 Å². The zero-order chi connectivity index (χ0) is 12.3. The lowest BCUT2D eigenvalue weighted by Crippen LogP contribution is -2.16. The van der Waals surface area contributed by atoms with Crippen molar-refractivity contribution >= 4 is 31.9 Å². The maximum atomic E-state index is 4.15. The summed E-state index contributed by atoms with van der Waals surface area (Å²) in [5.41, 5.74) is 2.20. The van der Waals surface area contributed by atoms with Gasteiger partial charge in [0.25, 0.3) is 0 Å². The molecule has 1 aromatic heterocycles. The van der Waals surface area contributed by atoms with Crippen molar-refractivity contribution in [2.24, 2.45) is 0 Å². The number of rotatable bonds is 3. The normalized spacial score (nSPS) is 14.0. The Labute approximate surface area is 118 Å². The third-order valence-corrected chi connectivity index (χ3v) is 4.40. The van der Waals surface area contributed by atoms with Gasteiger partial charge >= 0.3 is 0 Å². The van der Waals surface area contributed by atoms with Gasteiger partial charge in [-0.2, -0.15) is 0 Å². The van der Waals surface area contributed by atoms with Crippen molar-refractivity contribution in [3.8, 4) is 0 Å². The number of hydrogen-bond acceptors (Lipinski definition) is 1. The van der Waals surface area contributed by atoms with Gasteiger partial charge in [-0.15, -0.1) is 6.58 Å². The first kappa shape index (κ1) is 12.5. The van der Waals surface area contributed by atoms with Crippen molar-refractivity contribution < 1.29 is 0 Å². The van der Waals surface area contributed by atoms with E-state index in [-0.39, 0.29) is 4.32 Å². The van der Waals surface area contributed by atoms with Gasteiger partial charge in [0, 0.05) is 16.9 Å². The molecular weight excluding hydrogens is 342 g/mol. The van der Waals surface area contributed by atoms with E-state index in [1.165, 1.54) is 0 Å². The van der Waals surface area contributed by atoms with Crippen molar-refractivity contribution in [3.05, 3.63) is 77.0 Å². The lowest BCUT2D eigenvalue weighted by molar-refractivity contribution is 0.950. The van der Waals surface area contributed by atoms with E-state index in [2.05, 4.69) is 55.6 Å². The van der Waals surface area contributed by atoms with E-state index in [1.807, 2.05) is 36.5 Å². The number of nitrogens with zero attached hydrogens (tertiary/aromatic N) is 1. The Morgan fingerprint density at radius 3 is 2.35 bits per heavy atom. The molecule has 0 saturated heterocycles. The van der Waals surface area contributed by atoms with E-state index in [9.17, 15) is 0 Å². The van der Waals surface area contributed by atoms with Crippen LogP contribution in [0.15, 0.2) is 65.9 Å². The fourth-order valence-electron chi connectivity index (χ4n) is 1.67. The molecule has 0 spiro atoms. The second-order valence-electron chi connectivity index (χ2n) is 3.66. The fourth-order valence-corrected chi connectivity index (χ4v) is 2.44. The molecule has 2 aromatic rings. The van der Waals surface area contributed by atoms with Gasteiger partial charge in [-0.25, -0.2) is 0 Å². The van der Waals surface area contributed by atoms with E-state index in [0.717, 1.165) is 15.6 Å². The molecule has 3 heteroatoms. The molecule has 86 valence electrons. The van der Waals surface area contributed by atoms with Crippen LogP contribution in [0, 0.1) is 0 Å². The molecule has 0 aliphatic heterocycles. The highest BCUT2D eigenvalue weighted by atomic mass is 79.9. The van der Waals surface area contributed by atoms with E-state index < -0.39 is 0 Å². The Morgan fingerprint density at radius 1 is 1.12 bits per heavy atom. The zero-order valence-corrected chi connectivity index (χ0v) is 12.3. The van der Waals surface area contributed by atoms with Gasteiger partial charge in [-0.3, -0.25) is 4.98 Å². The predicted octanol–water partition coefficient (Wildman–Crippen LogP) is 4.67. The molecule has 0 radical (unpaired) electrons. The Morgan fingerprint density at radius 2 is 1.82 bits per heavy atom. The highest BCUT2D eigenvalue weighted by Gasteiger charge is 2.27. The number of alkyl halides is 1. The van der Waals surface area contributed by atoms with Crippen LogP contribution in [0.25, 0.3) is 0 Å². The summed E-state index contributed by atoms with van der Waals surface area (Å²) in [4.78, 5) is 4.15. The molecule has 0 amide bonds. The number of pyridine rings is 1. The van der Waals surface area contributed by atoms with E-state index in [0.29, 0.717) is 0 Å². The number of aromatic nitrogens is 1. The summed E-state index contributed by atoms with van der Waals surface area (Å²) in [5.74, 6) is 0. The Balaban J connectivity index is 2.51. The Hall–Kier alpha value is -0.930. The second kappa shape index (κ2) is 5.15. The molecule has 1 unspecified atom stereocenters. The molecule has 1 atom stereocenters. The van der Waals surface area contributed by atoms with Crippen LogP contribution in [0.1, 0.15) is 11.1 Å². The minimum absolute atomic E-state index is 0.387. The van der Waals surface area contributed by atoms with Crippen molar-refractivity contribution in [2.75, 3.05) is 0 Å². The van der Waals surface area contributed by atoms with Crippen LogP contribution in [0.2, 0.25) is 0 Å². The van der Waals surface area contributed by atoms with Crippen LogP contribution in [-0.2, 0) is 4.32 Å². The van der Waals surface area contributed by atoms with Gasteiger partial charge in [-0.1, -0.05) is 56.1 Å². The summed E-state index contributed by atoms with van der Waals surface area (Å²) in [7, 11) is 0. The first-order valence-corrected chi connectivity index (χ1v) is 6.74. The topological polar surface area (TPSA) is 12.9 Å². The highest BCUT2D eigenvalue weighted by molar-refractivity contribution is 9.10. The number of hydrogen-bond donors (Lipinski definition) is 0. The predicted molar refractivity (Wildman–Crippen MR) is 78.3 cm³/mol. The molecule has 1 heterocycles. The average Bonchev–Trinajstić information content (AvgIpc) is 2.40. The molecule has 1 aromatic carbocycles. The summed E-state index contributed by atoms with van der Waals surface area (Å²) in [5, 5.41) is 0. The Kier molecular flexibility index (Phi) is 3.79. The maximum absolute atomic E-state index is 4.15. The summed E-state index contributed by atoms with van der Waals surface area (Å²) < 4.78 is 0.674. The van der Waals surface area contributed by atoms with Crippen LogP contribution in [-0.4, -0.2) is 4.98 Å². The molecule has 2 rings (SSSR count). The smallest absolute Gasteiger partial charge is 0.0947 e. The average molecular weight is 353 g/mol. The minimum Gasteiger partial charge on any atom is -0.264 e. The standard InChI is InChI=1S/C14H11Br2N/c1-2-14(16,12-4-3-9-17-10-12)11-5-7-13(15)8-6-11/h2-10H,1H2. The monoisotopic (exact) mass is 351 g/mol. The SMILES string of the molecule is C=CC(Br)(c1ccc(Br)cc1)c1cccnc1. The first-order valence-electron chi connectivity index (χ1n) is 5.16. The van der Waals surface area contributed by atoms with Gasteiger partial charge in [-0.05, 0) is 29.3 Å². The van der Waals surface area contributed by atoms with Gasteiger partial charge in [0.15, 0.2) is 0 Å². The van der Waals surface area contributed by atoms with Crippen LogP contribution in [0.4, 0.5) is 0 Å². The van der Waals surface area contributed by atoms with Gasteiger partial charge in [0.1, 0.15) is 0 Å². The van der Waals surface area contributed by atoms with Gasteiger partial charge in [0.05, 0.1) is 4.32 Å². The summed E-state index contributed by atoms with van der Waals surface area (Å²) in [6.07, 6.45) is 5.49. The van der Waals surface area contributed by atoms with E-state index in [4.69, 9.17) is 0 Å². The molecule has 0 bridgehead atoms. The van der Waals surface area contributed by atoms with E-state index >= 15 is 0 Å². The number of benzene rings is 1. The highest BCUT2D eigenvalue weighted by Crippen LogP contribution is 2.39. The molecular formula is C14H11Br2N. The molecule has 0 aliphatic carbocycles. The van der Waals surface area contributed by atoms with Crippen molar-refractivity contribution in [1.82, 2.24) is 4.98 Å². The second-order valence-corrected chi connectivity index (χ2v) is 5.83.